The number of hydrogen-bond donors (Lipinski definition) is 2. The molecule has 1 aliphatic rings. The van der Waals surface area contributed by atoms with Crippen molar-refractivity contribution in [2.24, 2.45) is 5.73 Å². The van der Waals surface area contributed by atoms with Gasteiger partial charge in [0, 0.05) is 12.6 Å². The van der Waals surface area contributed by atoms with Crippen molar-refractivity contribution in [1.82, 2.24) is 5.32 Å². The number of imide groups is 1. The van der Waals surface area contributed by atoms with Crippen molar-refractivity contribution in [1.29, 1.82) is 0 Å². The highest BCUT2D eigenvalue weighted by molar-refractivity contribution is 6.33. The highest BCUT2D eigenvalue weighted by Crippen LogP contribution is 2.21. The minimum atomic E-state index is -0.373. The summed E-state index contributed by atoms with van der Waals surface area (Å²) in [6.07, 6.45) is 1.30. The SMILES string of the molecule is C=C(C)C.NCc1ccccc1C1=CC(=O)NC1=O. The van der Waals surface area contributed by atoms with Gasteiger partial charge in [0.05, 0.1) is 5.57 Å². The van der Waals surface area contributed by atoms with E-state index in [2.05, 4.69) is 11.9 Å². The Hall–Kier alpha value is -2.20. The molecule has 1 aromatic rings. The normalized spacial score (nSPS) is 13.3. The Labute approximate surface area is 113 Å². The number of rotatable bonds is 2. The van der Waals surface area contributed by atoms with Crippen molar-refractivity contribution >= 4 is 17.4 Å². The lowest BCUT2D eigenvalue weighted by atomic mass is 10.00. The lowest BCUT2D eigenvalue weighted by Gasteiger charge is -2.06. The van der Waals surface area contributed by atoms with Gasteiger partial charge in [0.1, 0.15) is 0 Å². The first-order valence-electron chi connectivity index (χ1n) is 5.93. The van der Waals surface area contributed by atoms with E-state index in [-0.39, 0.29) is 11.8 Å². The van der Waals surface area contributed by atoms with Gasteiger partial charge in [-0.25, -0.2) is 0 Å². The third-order valence-electron chi connectivity index (χ3n) is 2.28. The number of nitrogens with two attached hydrogens (primary N) is 1. The zero-order valence-corrected chi connectivity index (χ0v) is 11.2. The van der Waals surface area contributed by atoms with E-state index in [9.17, 15) is 9.59 Å². The molecule has 2 rings (SSSR count). The number of amides is 2. The molecular formula is C15H18N2O2. The molecule has 0 bridgehead atoms. The molecule has 1 aliphatic heterocycles. The van der Waals surface area contributed by atoms with Gasteiger partial charge in [-0.3, -0.25) is 14.9 Å². The maximum atomic E-state index is 11.4. The van der Waals surface area contributed by atoms with Crippen molar-refractivity contribution in [2.75, 3.05) is 0 Å². The molecule has 0 saturated heterocycles. The Morgan fingerprint density at radius 3 is 2.32 bits per heavy atom. The van der Waals surface area contributed by atoms with E-state index in [1.165, 1.54) is 11.6 Å². The zero-order valence-electron chi connectivity index (χ0n) is 11.2. The second-order valence-electron chi connectivity index (χ2n) is 4.44. The van der Waals surface area contributed by atoms with Crippen LogP contribution in [0, 0.1) is 0 Å². The fourth-order valence-corrected chi connectivity index (χ4v) is 1.57. The molecule has 0 aromatic heterocycles. The Balaban J connectivity index is 0.000000399. The summed E-state index contributed by atoms with van der Waals surface area (Å²) in [7, 11) is 0. The second-order valence-corrected chi connectivity index (χ2v) is 4.44. The average molecular weight is 258 g/mol. The van der Waals surface area contributed by atoms with Crippen LogP contribution < -0.4 is 11.1 Å². The van der Waals surface area contributed by atoms with Crippen LogP contribution in [0.3, 0.4) is 0 Å². The summed E-state index contributed by atoms with van der Waals surface area (Å²) in [5.41, 5.74) is 8.69. The molecule has 0 spiro atoms. The van der Waals surface area contributed by atoms with Crippen LogP contribution in [0.2, 0.25) is 0 Å². The van der Waals surface area contributed by atoms with Gasteiger partial charge in [0.2, 0.25) is 0 Å². The first kappa shape index (κ1) is 14.9. The third-order valence-corrected chi connectivity index (χ3v) is 2.28. The maximum absolute atomic E-state index is 11.4. The van der Waals surface area contributed by atoms with Crippen molar-refractivity contribution < 1.29 is 9.59 Å². The molecule has 1 aromatic carbocycles. The first-order chi connectivity index (χ1) is 8.95. The summed E-state index contributed by atoms with van der Waals surface area (Å²) in [5.74, 6) is -0.734. The van der Waals surface area contributed by atoms with Crippen LogP contribution >= 0.6 is 0 Å². The van der Waals surface area contributed by atoms with E-state index in [4.69, 9.17) is 5.73 Å². The van der Waals surface area contributed by atoms with E-state index >= 15 is 0 Å². The fraction of sp³-hybridized carbons (Fsp3) is 0.200. The maximum Gasteiger partial charge on any atom is 0.258 e. The molecule has 1 heterocycles. The predicted molar refractivity (Wildman–Crippen MR) is 75.9 cm³/mol. The summed E-state index contributed by atoms with van der Waals surface area (Å²) < 4.78 is 0. The molecule has 4 nitrogen and oxygen atoms in total. The van der Waals surface area contributed by atoms with Gasteiger partial charge in [-0.05, 0) is 25.0 Å². The van der Waals surface area contributed by atoms with Crippen molar-refractivity contribution in [2.45, 2.75) is 20.4 Å². The van der Waals surface area contributed by atoms with Crippen molar-refractivity contribution in [3.8, 4) is 0 Å². The number of allylic oxidation sites excluding steroid dienone is 1. The van der Waals surface area contributed by atoms with E-state index in [1.54, 1.807) is 6.07 Å². The van der Waals surface area contributed by atoms with Crippen molar-refractivity contribution in [3.63, 3.8) is 0 Å². The van der Waals surface area contributed by atoms with Crippen LogP contribution in [0.15, 0.2) is 42.5 Å². The van der Waals surface area contributed by atoms with Crippen molar-refractivity contribution in [3.05, 3.63) is 53.6 Å². The largest absolute Gasteiger partial charge is 0.326 e. The standard InChI is InChI=1S/C11H10N2O2.C4H8/c12-6-7-3-1-2-4-8(7)9-5-10(14)13-11(9)15;1-4(2)3/h1-5H,6,12H2,(H,13,14,15);1H2,2-3H3. The first-order valence-corrected chi connectivity index (χ1v) is 5.93. The number of carbonyl (C=O) groups is 2. The summed E-state index contributed by atoms with van der Waals surface area (Å²) in [4.78, 5) is 22.4. The number of benzene rings is 1. The average Bonchev–Trinajstić information content (AvgIpc) is 2.67. The van der Waals surface area contributed by atoms with Gasteiger partial charge in [-0.1, -0.05) is 29.8 Å². The molecule has 0 aliphatic carbocycles. The Kier molecular flexibility index (Phi) is 5.21. The van der Waals surface area contributed by atoms with Crippen LogP contribution in [0.4, 0.5) is 0 Å². The molecule has 19 heavy (non-hydrogen) atoms. The van der Waals surface area contributed by atoms with Gasteiger partial charge in [-0.15, -0.1) is 6.58 Å². The molecule has 100 valence electrons. The van der Waals surface area contributed by atoms with E-state index in [1.807, 2.05) is 32.0 Å². The van der Waals surface area contributed by atoms with Gasteiger partial charge in [0.25, 0.3) is 11.8 Å². The summed E-state index contributed by atoms with van der Waals surface area (Å²) in [6.45, 7) is 7.84. The summed E-state index contributed by atoms with van der Waals surface area (Å²) in [6, 6.07) is 7.28. The molecule has 0 radical (unpaired) electrons. The van der Waals surface area contributed by atoms with E-state index in [0.717, 1.165) is 11.1 Å². The smallest absolute Gasteiger partial charge is 0.258 e. The highest BCUT2D eigenvalue weighted by atomic mass is 16.2. The fourth-order valence-electron chi connectivity index (χ4n) is 1.57. The number of carbonyl (C=O) groups excluding carboxylic acids is 2. The number of nitrogens with one attached hydrogen (secondary N) is 1. The van der Waals surface area contributed by atoms with Gasteiger partial charge >= 0.3 is 0 Å². The molecule has 0 fully saturated rings. The van der Waals surface area contributed by atoms with Gasteiger partial charge < -0.3 is 5.73 Å². The quantitative estimate of drug-likeness (QED) is 0.627. The predicted octanol–water partition coefficient (Wildman–Crippen LogP) is 1.77. The summed E-state index contributed by atoms with van der Waals surface area (Å²) in [5, 5.41) is 2.21. The van der Waals surface area contributed by atoms with Gasteiger partial charge in [0.15, 0.2) is 0 Å². The molecule has 3 N–H and O–H groups in total. The van der Waals surface area contributed by atoms with Crippen LogP contribution in [0.1, 0.15) is 25.0 Å². The second kappa shape index (κ2) is 6.66. The third kappa shape index (κ3) is 4.19. The van der Waals surface area contributed by atoms with Crippen LogP contribution in [0.5, 0.6) is 0 Å². The van der Waals surface area contributed by atoms with E-state index < -0.39 is 0 Å². The Morgan fingerprint density at radius 1 is 1.26 bits per heavy atom. The molecule has 0 saturated carbocycles. The minimum Gasteiger partial charge on any atom is -0.326 e. The topological polar surface area (TPSA) is 72.2 Å². The molecule has 0 unspecified atom stereocenters. The lowest BCUT2D eigenvalue weighted by molar-refractivity contribution is -0.123. The van der Waals surface area contributed by atoms with Crippen LogP contribution in [-0.2, 0) is 16.1 Å². The minimum absolute atomic E-state index is 0.342. The molecule has 0 atom stereocenters. The van der Waals surface area contributed by atoms with Gasteiger partial charge in [-0.2, -0.15) is 0 Å². The monoisotopic (exact) mass is 258 g/mol. The Bertz CT molecular complexity index is 541. The molecule has 2 amide bonds. The zero-order chi connectivity index (χ0) is 14.4. The molecular weight excluding hydrogens is 240 g/mol. The number of hydrogen-bond acceptors (Lipinski definition) is 3. The van der Waals surface area contributed by atoms with Crippen LogP contribution in [-0.4, -0.2) is 11.8 Å². The highest BCUT2D eigenvalue weighted by Gasteiger charge is 2.23. The Morgan fingerprint density at radius 2 is 1.84 bits per heavy atom. The molecule has 4 heteroatoms. The summed E-state index contributed by atoms with van der Waals surface area (Å²) >= 11 is 0. The lowest BCUT2D eigenvalue weighted by Crippen LogP contribution is -2.22. The van der Waals surface area contributed by atoms with Crippen LogP contribution in [0.25, 0.3) is 5.57 Å². The van der Waals surface area contributed by atoms with E-state index in [0.29, 0.717) is 12.1 Å².